The van der Waals surface area contributed by atoms with Gasteiger partial charge in [-0.3, -0.25) is 10.1 Å². The zero-order valence-electron chi connectivity index (χ0n) is 11.3. The highest BCUT2D eigenvalue weighted by atomic mass is 32.1. The molecule has 1 aromatic heterocycles. The standard InChI is InChI=1S/C14H15N3O3S/c18-12(19)7-9-5-6-17(8-9)14(20)16-13-15-10-3-1-2-4-11(10)21-13/h1-4,9H,5-8H2,(H,18,19)(H,15,16,20). The van der Waals surface area contributed by atoms with Crippen LogP contribution in [0.4, 0.5) is 9.93 Å². The van der Waals surface area contributed by atoms with E-state index in [0.29, 0.717) is 18.2 Å². The first kappa shape index (κ1) is 13.8. The van der Waals surface area contributed by atoms with E-state index in [1.807, 2.05) is 24.3 Å². The zero-order chi connectivity index (χ0) is 14.8. The molecule has 0 bridgehead atoms. The molecule has 0 spiro atoms. The van der Waals surface area contributed by atoms with E-state index < -0.39 is 5.97 Å². The van der Waals surface area contributed by atoms with Gasteiger partial charge in [0.05, 0.1) is 10.2 Å². The predicted molar refractivity (Wildman–Crippen MR) is 80.6 cm³/mol. The van der Waals surface area contributed by atoms with Crippen LogP contribution in [-0.2, 0) is 4.79 Å². The lowest BCUT2D eigenvalue weighted by atomic mass is 10.1. The summed E-state index contributed by atoms with van der Waals surface area (Å²) < 4.78 is 1.03. The molecule has 1 aliphatic heterocycles. The van der Waals surface area contributed by atoms with E-state index in [4.69, 9.17) is 5.11 Å². The molecule has 7 heteroatoms. The van der Waals surface area contributed by atoms with E-state index in [2.05, 4.69) is 10.3 Å². The number of hydrogen-bond acceptors (Lipinski definition) is 4. The molecule has 1 fully saturated rings. The topological polar surface area (TPSA) is 82.5 Å². The van der Waals surface area contributed by atoms with E-state index in [-0.39, 0.29) is 18.4 Å². The summed E-state index contributed by atoms with van der Waals surface area (Å²) in [5, 5.41) is 12.2. The number of carbonyl (C=O) groups excluding carboxylic acids is 1. The monoisotopic (exact) mass is 305 g/mol. The number of carbonyl (C=O) groups is 2. The van der Waals surface area contributed by atoms with Crippen LogP contribution in [0.15, 0.2) is 24.3 Å². The highest BCUT2D eigenvalue weighted by Crippen LogP contribution is 2.26. The molecule has 3 rings (SSSR count). The van der Waals surface area contributed by atoms with Crippen molar-refractivity contribution in [3.63, 3.8) is 0 Å². The molecule has 1 saturated heterocycles. The Kier molecular flexibility index (Phi) is 3.74. The molecule has 1 aromatic carbocycles. The van der Waals surface area contributed by atoms with Gasteiger partial charge in [0, 0.05) is 19.5 Å². The van der Waals surface area contributed by atoms with Crippen molar-refractivity contribution in [1.29, 1.82) is 0 Å². The molecular weight excluding hydrogens is 290 g/mol. The average Bonchev–Trinajstić information content (AvgIpc) is 3.03. The fraction of sp³-hybridized carbons (Fsp3) is 0.357. The summed E-state index contributed by atoms with van der Waals surface area (Å²) in [6.07, 6.45) is 0.852. The van der Waals surface area contributed by atoms with Crippen LogP contribution in [0.25, 0.3) is 10.2 Å². The van der Waals surface area contributed by atoms with Crippen molar-refractivity contribution in [3.8, 4) is 0 Å². The van der Waals surface area contributed by atoms with Gasteiger partial charge < -0.3 is 10.0 Å². The van der Waals surface area contributed by atoms with Crippen molar-refractivity contribution in [2.24, 2.45) is 5.92 Å². The van der Waals surface area contributed by atoms with Gasteiger partial charge in [0.25, 0.3) is 0 Å². The molecule has 0 radical (unpaired) electrons. The number of anilines is 1. The first-order valence-electron chi connectivity index (χ1n) is 6.75. The number of para-hydroxylation sites is 1. The van der Waals surface area contributed by atoms with Crippen molar-refractivity contribution in [2.75, 3.05) is 18.4 Å². The molecule has 21 heavy (non-hydrogen) atoms. The zero-order valence-corrected chi connectivity index (χ0v) is 12.1. The molecule has 1 aliphatic rings. The van der Waals surface area contributed by atoms with Crippen molar-refractivity contribution in [1.82, 2.24) is 9.88 Å². The Hall–Kier alpha value is -2.15. The minimum absolute atomic E-state index is 0.0450. The molecule has 2 amide bonds. The number of hydrogen-bond donors (Lipinski definition) is 2. The van der Waals surface area contributed by atoms with Crippen LogP contribution in [0, 0.1) is 5.92 Å². The fourth-order valence-corrected chi connectivity index (χ4v) is 3.38. The average molecular weight is 305 g/mol. The van der Waals surface area contributed by atoms with Gasteiger partial charge >= 0.3 is 12.0 Å². The summed E-state index contributed by atoms with van der Waals surface area (Å²) in [5.41, 5.74) is 0.864. The molecule has 1 atom stereocenters. The summed E-state index contributed by atoms with van der Waals surface area (Å²) in [7, 11) is 0. The normalized spacial score (nSPS) is 18.1. The van der Waals surface area contributed by atoms with Crippen LogP contribution < -0.4 is 5.32 Å². The van der Waals surface area contributed by atoms with Gasteiger partial charge in [-0.2, -0.15) is 0 Å². The summed E-state index contributed by atoms with van der Waals surface area (Å²) >= 11 is 1.43. The first-order chi connectivity index (χ1) is 10.1. The second-order valence-corrected chi connectivity index (χ2v) is 6.15. The predicted octanol–water partition coefficient (Wildman–Crippen LogP) is 2.62. The van der Waals surface area contributed by atoms with Crippen LogP contribution in [-0.4, -0.2) is 40.1 Å². The number of rotatable bonds is 3. The molecular formula is C14H15N3O3S. The lowest BCUT2D eigenvalue weighted by Crippen LogP contribution is -2.33. The van der Waals surface area contributed by atoms with Gasteiger partial charge in [-0.1, -0.05) is 23.5 Å². The molecule has 2 heterocycles. The molecule has 110 valence electrons. The van der Waals surface area contributed by atoms with Crippen LogP contribution in [0.3, 0.4) is 0 Å². The number of amides is 2. The third-order valence-electron chi connectivity index (χ3n) is 3.54. The smallest absolute Gasteiger partial charge is 0.323 e. The molecule has 0 saturated carbocycles. The SMILES string of the molecule is O=C(O)CC1CCN(C(=O)Nc2nc3ccccc3s2)C1. The Morgan fingerprint density at radius 3 is 3.00 bits per heavy atom. The minimum atomic E-state index is -0.812. The number of fused-ring (bicyclic) bond motifs is 1. The number of nitrogens with zero attached hydrogens (tertiary/aromatic N) is 2. The van der Waals surface area contributed by atoms with Crippen LogP contribution in [0.1, 0.15) is 12.8 Å². The summed E-state index contributed by atoms with van der Waals surface area (Å²) in [5.74, 6) is -0.767. The van der Waals surface area contributed by atoms with E-state index >= 15 is 0 Å². The van der Waals surface area contributed by atoms with Gasteiger partial charge in [-0.05, 0) is 24.5 Å². The lowest BCUT2D eigenvalue weighted by molar-refractivity contribution is -0.138. The minimum Gasteiger partial charge on any atom is -0.481 e. The Balaban J connectivity index is 1.62. The Morgan fingerprint density at radius 2 is 2.24 bits per heavy atom. The fourth-order valence-electron chi connectivity index (χ4n) is 2.53. The second-order valence-electron chi connectivity index (χ2n) is 5.12. The van der Waals surface area contributed by atoms with Gasteiger partial charge in [0.1, 0.15) is 0 Å². The highest BCUT2D eigenvalue weighted by Gasteiger charge is 2.28. The maximum absolute atomic E-state index is 12.2. The van der Waals surface area contributed by atoms with Gasteiger partial charge in [0.2, 0.25) is 0 Å². The molecule has 0 aliphatic carbocycles. The second kappa shape index (κ2) is 5.69. The number of likely N-dealkylation sites (tertiary alicyclic amines) is 1. The van der Waals surface area contributed by atoms with Gasteiger partial charge in [-0.15, -0.1) is 0 Å². The lowest BCUT2D eigenvalue weighted by Gasteiger charge is -2.15. The van der Waals surface area contributed by atoms with Crippen LogP contribution in [0.2, 0.25) is 0 Å². The van der Waals surface area contributed by atoms with Gasteiger partial charge in [0.15, 0.2) is 5.13 Å². The van der Waals surface area contributed by atoms with Crippen molar-refractivity contribution in [3.05, 3.63) is 24.3 Å². The number of carboxylic acid groups (broad SMARTS) is 1. The summed E-state index contributed by atoms with van der Waals surface area (Å²) in [6, 6.07) is 7.50. The quantitative estimate of drug-likeness (QED) is 0.913. The van der Waals surface area contributed by atoms with E-state index in [0.717, 1.165) is 16.6 Å². The number of urea groups is 1. The Morgan fingerprint density at radius 1 is 1.43 bits per heavy atom. The number of benzene rings is 1. The molecule has 2 N–H and O–H groups in total. The molecule has 2 aromatic rings. The van der Waals surface area contributed by atoms with Crippen molar-refractivity contribution < 1.29 is 14.7 Å². The molecule has 1 unspecified atom stereocenters. The van der Waals surface area contributed by atoms with E-state index in [1.165, 1.54) is 11.3 Å². The third kappa shape index (κ3) is 3.13. The van der Waals surface area contributed by atoms with E-state index in [1.54, 1.807) is 4.90 Å². The number of carboxylic acids is 1. The first-order valence-corrected chi connectivity index (χ1v) is 7.57. The number of nitrogens with one attached hydrogen (secondary N) is 1. The molecule has 6 nitrogen and oxygen atoms in total. The largest absolute Gasteiger partial charge is 0.481 e. The summed E-state index contributed by atoms with van der Waals surface area (Å²) in [6.45, 7) is 1.08. The van der Waals surface area contributed by atoms with Crippen molar-refractivity contribution >= 4 is 38.7 Å². The summed E-state index contributed by atoms with van der Waals surface area (Å²) in [4.78, 5) is 28.9. The maximum atomic E-state index is 12.2. The third-order valence-corrected chi connectivity index (χ3v) is 4.50. The Labute approximate surface area is 125 Å². The maximum Gasteiger partial charge on any atom is 0.323 e. The number of thiazole rings is 1. The number of aliphatic carboxylic acids is 1. The van der Waals surface area contributed by atoms with Crippen LogP contribution >= 0.6 is 11.3 Å². The van der Waals surface area contributed by atoms with Gasteiger partial charge in [-0.25, -0.2) is 9.78 Å². The number of aromatic nitrogens is 1. The highest BCUT2D eigenvalue weighted by molar-refractivity contribution is 7.22. The van der Waals surface area contributed by atoms with E-state index in [9.17, 15) is 9.59 Å². The van der Waals surface area contributed by atoms with Crippen LogP contribution in [0.5, 0.6) is 0 Å². The van der Waals surface area contributed by atoms with Crippen molar-refractivity contribution in [2.45, 2.75) is 12.8 Å². The Bertz CT molecular complexity index is 652.